The first-order valence-electron chi connectivity index (χ1n) is 6.90. The molecule has 2 amide bonds. The summed E-state index contributed by atoms with van der Waals surface area (Å²) in [6.07, 6.45) is 3.62. The van der Waals surface area contributed by atoms with Crippen molar-refractivity contribution in [2.75, 3.05) is 26.7 Å². The fourth-order valence-electron chi connectivity index (χ4n) is 2.83. The van der Waals surface area contributed by atoms with E-state index in [1.54, 1.807) is 0 Å². The SMILES string of the molecule is CCCC1NC(=O)CN(C2CCN(C)CC2)C1=O. The van der Waals surface area contributed by atoms with Gasteiger partial charge in [0.2, 0.25) is 11.8 Å². The van der Waals surface area contributed by atoms with Crippen LogP contribution in [0.3, 0.4) is 0 Å². The van der Waals surface area contributed by atoms with E-state index in [2.05, 4.69) is 17.3 Å². The lowest BCUT2D eigenvalue weighted by molar-refractivity contribution is -0.147. The Morgan fingerprint density at radius 3 is 2.56 bits per heavy atom. The molecule has 2 aliphatic rings. The molecule has 0 aliphatic carbocycles. The highest BCUT2D eigenvalue weighted by atomic mass is 16.2. The van der Waals surface area contributed by atoms with Gasteiger partial charge in [0.25, 0.3) is 0 Å². The molecule has 0 bridgehead atoms. The second-order valence-electron chi connectivity index (χ2n) is 5.41. The summed E-state index contributed by atoms with van der Waals surface area (Å²) in [6.45, 7) is 4.30. The molecule has 5 heteroatoms. The molecule has 2 saturated heterocycles. The van der Waals surface area contributed by atoms with Gasteiger partial charge in [0, 0.05) is 6.04 Å². The zero-order valence-electron chi connectivity index (χ0n) is 11.3. The van der Waals surface area contributed by atoms with E-state index in [4.69, 9.17) is 0 Å². The summed E-state index contributed by atoms with van der Waals surface area (Å²) in [6, 6.07) is -0.0463. The van der Waals surface area contributed by atoms with Crippen molar-refractivity contribution >= 4 is 11.8 Å². The Kier molecular flexibility index (Phi) is 4.22. The van der Waals surface area contributed by atoms with Crippen LogP contribution in [-0.2, 0) is 9.59 Å². The molecular weight excluding hydrogens is 230 g/mol. The van der Waals surface area contributed by atoms with E-state index >= 15 is 0 Å². The van der Waals surface area contributed by atoms with E-state index in [1.807, 2.05) is 11.8 Å². The number of carbonyl (C=O) groups excluding carboxylic acids is 2. The summed E-state index contributed by atoms with van der Waals surface area (Å²) >= 11 is 0. The third-order valence-corrected chi connectivity index (χ3v) is 3.94. The first-order chi connectivity index (χ1) is 8.61. The number of piperazine rings is 1. The summed E-state index contributed by atoms with van der Waals surface area (Å²) in [5.74, 6) is 0.109. The summed E-state index contributed by atoms with van der Waals surface area (Å²) in [4.78, 5) is 28.1. The fourth-order valence-corrected chi connectivity index (χ4v) is 2.83. The summed E-state index contributed by atoms with van der Waals surface area (Å²) in [5.41, 5.74) is 0. The predicted octanol–water partition coefficient (Wildman–Crippen LogP) is 0.208. The van der Waals surface area contributed by atoms with E-state index in [0.29, 0.717) is 0 Å². The number of carbonyl (C=O) groups is 2. The minimum atomic E-state index is -0.295. The first-order valence-corrected chi connectivity index (χ1v) is 6.90. The highest BCUT2D eigenvalue weighted by Crippen LogP contribution is 2.19. The Bertz CT molecular complexity index is 324. The van der Waals surface area contributed by atoms with Gasteiger partial charge in [-0.25, -0.2) is 0 Å². The number of piperidine rings is 1. The smallest absolute Gasteiger partial charge is 0.245 e. The standard InChI is InChI=1S/C13H23N3O2/c1-3-4-11-13(18)16(9-12(17)14-11)10-5-7-15(2)8-6-10/h10-11H,3-9H2,1-2H3,(H,14,17). The predicted molar refractivity (Wildman–Crippen MR) is 69.1 cm³/mol. The Morgan fingerprint density at radius 1 is 1.28 bits per heavy atom. The number of nitrogens with one attached hydrogen (secondary N) is 1. The molecule has 1 unspecified atom stereocenters. The maximum absolute atomic E-state index is 12.3. The van der Waals surface area contributed by atoms with E-state index in [1.165, 1.54) is 0 Å². The molecule has 1 N–H and O–H groups in total. The quantitative estimate of drug-likeness (QED) is 0.782. The number of amides is 2. The molecule has 102 valence electrons. The molecule has 0 aromatic rings. The van der Waals surface area contributed by atoms with Crippen LogP contribution in [0.1, 0.15) is 32.6 Å². The minimum Gasteiger partial charge on any atom is -0.343 e. The van der Waals surface area contributed by atoms with E-state index in [9.17, 15) is 9.59 Å². The Labute approximate surface area is 108 Å². The lowest BCUT2D eigenvalue weighted by Crippen LogP contribution is -2.61. The van der Waals surface area contributed by atoms with Crippen LogP contribution in [0.5, 0.6) is 0 Å². The number of rotatable bonds is 3. The van der Waals surface area contributed by atoms with Gasteiger partial charge in [-0.15, -0.1) is 0 Å². The third-order valence-electron chi connectivity index (χ3n) is 3.94. The zero-order valence-corrected chi connectivity index (χ0v) is 11.3. The van der Waals surface area contributed by atoms with Gasteiger partial charge in [-0.05, 0) is 39.4 Å². The van der Waals surface area contributed by atoms with Crippen LogP contribution in [0.2, 0.25) is 0 Å². The van der Waals surface area contributed by atoms with E-state index in [0.717, 1.165) is 38.8 Å². The van der Waals surface area contributed by atoms with Crippen LogP contribution in [0, 0.1) is 0 Å². The van der Waals surface area contributed by atoms with Gasteiger partial charge >= 0.3 is 0 Å². The molecular formula is C13H23N3O2. The summed E-state index contributed by atoms with van der Waals surface area (Å²) in [5, 5.41) is 2.80. The van der Waals surface area contributed by atoms with Crippen molar-refractivity contribution in [1.29, 1.82) is 0 Å². The lowest BCUT2D eigenvalue weighted by Gasteiger charge is -2.41. The van der Waals surface area contributed by atoms with Gasteiger partial charge in [-0.2, -0.15) is 0 Å². The van der Waals surface area contributed by atoms with Crippen LogP contribution in [0.4, 0.5) is 0 Å². The van der Waals surface area contributed by atoms with Crippen LogP contribution in [0.15, 0.2) is 0 Å². The van der Waals surface area contributed by atoms with Crippen molar-refractivity contribution in [3.8, 4) is 0 Å². The third kappa shape index (κ3) is 2.83. The van der Waals surface area contributed by atoms with Crippen LogP contribution >= 0.6 is 0 Å². The van der Waals surface area contributed by atoms with Gasteiger partial charge in [0.1, 0.15) is 6.04 Å². The van der Waals surface area contributed by atoms with Crippen molar-refractivity contribution in [3.63, 3.8) is 0 Å². The van der Waals surface area contributed by atoms with Gasteiger partial charge in [-0.1, -0.05) is 13.3 Å². The number of nitrogens with zero attached hydrogens (tertiary/aromatic N) is 2. The molecule has 2 fully saturated rings. The zero-order chi connectivity index (χ0) is 13.1. The fraction of sp³-hybridized carbons (Fsp3) is 0.846. The van der Waals surface area contributed by atoms with E-state index < -0.39 is 0 Å². The van der Waals surface area contributed by atoms with Crippen molar-refractivity contribution in [1.82, 2.24) is 15.1 Å². The van der Waals surface area contributed by atoms with Crippen LogP contribution in [-0.4, -0.2) is 60.4 Å². The summed E-state index contributed by atoms with van der Waals surface area (Å²) in [7, 11) is 2.10. The molecule has 0 saturated carbocycles. The molecule has 1 atom stereocenters. The maximum Gasteiger partial charge on any atom is 0.245 e. The number of hydrogen-bond acceptors (Lipinski definition) is 3. The normalized spacial score (nSPS) is 27.4. The van der Waals surface area contributed by atoms with E-state index in [-0.39, 0.29) is 30.4 Å². The molecule has 2 heterocycles. The highest BCUT2D eigenvalue weighted by molar-refractivity contribution is 5.95. The summed E-state index contributed by atoms with van der Waals surface area (Å²) < 4.78 is 0. The molecule has 18 heavy (non-hydrogen) atoms. The highest BCUT2D eigenvalue weighted by Gasteiger charge is 2.36. The average Bonchev–Trinajstić information content (AvgIpc) is 2.35. The van der Waals surface area contributed by atoms with Crippen molar-refractivity contribution in [2.24, 2.45) is 0 Å². The van der Waals surface area contributed by atoms with Gasteiger partial charge < -0.3 is 15.1 Å². The molecule has 0 spiro atoms. The average molecular weight is 253 g/mol. The van der Waals surface area contributed by atoms with Crippen molar-refractivity contribution in [2.45, 2.75) is 44.7 Å². The molecule has 0 radical (unpaired) electrons. The molecule has 5 nitrogen and oxygen atoms in total. The monoisotopic (exact) mass is 253 g/mol. The second-order valence-corrected chi connectivity index (χ2v) is 5.41. The first kappa shape index (κ1) is 13.3. The van der Waals surface area contributed by atoms with Crippen LogP contribution < -0.4 is 5.32 Å². The lowest BCUT2D eigenvalue weighted by atomic mass is 10.00. The van der Waals surface area contributed by atoms with Crippen LogP contribution in [0.25, 0.3) is 0 Å². The van der Waals surface area contributed by atoms with Gasteiger partial charge in [-0.3, -0.25) is 9.59 Å². The maximum atomic E-state index is 12.3. The second kappa shape index (κ2) is 5.69. The largest absolute Gasteiger partial charge is 0.343 e. The van der Waals surface area contributed by atoms with Gasteiger partial charge in [0.05, 0.1) is 6.54 Å². The molecule has 2 rings (SSSR count). The number of likely N-dealkylation sites (tertiary alicyclic amines) is 1. The van der Waals surface area contributed by atoms with Crippen molar-refractivity contribution < 1.29 is 9.59 Å². The Balaban J connectivity index is 2.01. The minimum absolute atomic E-state index is 0.00743. The molecule has 0 aromatic carbocycles. The molecule has 0 aromatic heterocycles. The topological polar surface area (TPSA) is 52.7 Å². The van der Waals surface area contributed by atoms with Crippen molar-refractivity contribution in [3.05, 3.63) is 0 Å². The number of hydrogen-bond donors (Lipinski definition) is 1. The Morgan fingerprint density at radius 2 is 1.94 bits per heavy atom. The molecule has 2 aliphatic heterocycles. The Hall–Kier alpha value is -1.10. The van der Waals surface area contributed by atoms with Gasteiger partial charge in [0.15, 0.2) is 0 Å².